The predicted octanol–water partition coefficient (Wildman–Crippen LogP) is 3.02. The van der Waals surface area contributed by atoms with Crippen LogP contribution in [-0.4, -0.2) is 30.6 Å². The maximum atomic E-state index is 11.4. The van der Waals surface area contributed by atoms with Gasteiger partial charge in [-0.25, -0.2) is 4.98 Å². The Kier molecular flexibility index (Phi) is 5.19. The van der Waals surface area contributed by atoms with Crippen LogP contribution in [-0.2, 0) is 16.0 Å². The number of thiazole rings is 1. The molecule has 1 fully saturated rings. The molecule has 0 spiro atoms. The van der Waals surface area contributed by atoms with Crippen molar-refractivity contribution in [2.75, 3.05) is 18.6 Å². The van der Waals surface area contributed by atoms with Gasteiger partial charge in [0, 0.05) is 18.5 Å². The Hall–Kier alpha value is -1.10. The SMILES string of the molecule is CCOC(=O)Cc1csc(N(C)C2CCCCC2)n1. The molecule has 1 aliphatic carbocycles. The second-order valence-corrected chi connectivity index (χ2v) is 5.84. The van der Waals surface area contributed by atoms with Crippen LogP contribution < -0.4 is 4.90 Å². The van der Waals surface area contributed by atoms with E-state index < -0.39 is 0 Å². The molecule has 0 radical (unpaired) electrons. The molecule has 2 rings (SSSR count). The highest BCUT2D eigenvalue weighted by molar-refractivity contribution is 7.13. The van der Waals surface area contributed by atoms with Gasteiger partial charge in [0.05, 0.1) is 18.7 Å². The second kappa shape index (κ2) is 6.89. The van der Waals surface area contributed by atoms with Crippen molar-refractivity contribution in [3.05, 3.63) is 11.1 Å². The third-order valence-electron chi connectivity index (χ3n) is 3.59. The lowest BCUT2D eigenvalue weighted by atomic mass is 9.95. The molecule has 0 aliphatic heterocycles. The number of nitrogens with zero attached hydrogens (tertiary/aromatic N) is 2. The van der Waals surface area contributed by atoms with Gasteiger partial charge >= 0.3 is 5.97 Å². The molecule has 106 valence electrons. The zero-order valence-corrected chi connectivity index (χ0v) is 12.5. The standard InChI is InChI=1S/C14H22N2O2S/c1-3-18-13(17)9-11-10-19-14(15-11)16(2)12-7-5-4-6-8-12/h10,12H,3-9H2,1-2H3. The van der Waals surface area contributed by atoms with Crippen molar-refractivity contribution >= 4 is 22.4 Å². The summed E-state index contributed by atoms with van der Waals surface area (Å²) in [5.41, 5.74) is 0.820. The van der Waals surface area contributed by atoms with Gasteiger partial charge in [-0.3, -0.25) is 4.79 Å². The first-order valence-electron chi connectivity index (χ1n) is 7.03. The quantitative estimate of drug-likeness (QED) is 0.779. The van der Waals surface area contributed by atoms with Crippen LogP contribution >= 0.6 is 11.3 Å². The van der Waals surface area contributed by atoms with Gasteiger partial charge in [-0.1, -0.05) is 19.3 Å². The van der Waals surface area contributed by atoms with Gasteiger partial charge in [-0.2, -0.15) is 0 Å². The van der Waals surface area contributed by atoms with E-state index in [1.54, 1.807) is 11.3 Å². The molecule has 0 amide bonds. The first kappa shape index (κ1) is 14.3. The molecule has 1 aromatic heterocycles. The van der Waals surface area contributed by atoms with Crippen LogP contribution in [0.15, 0.2) is 5.38 Å². The van der Waals surface area contributed by atoms with Gasteiger partial charge < -0.3 is 9.64 Å². The van der Waals surface area contributed by atoms with Crippen molar-refractivity contribution in [2.45, 2.75) is 51.5 Å². The summed E-state index contributed by atoms with van der Waals surface area (Å²) in [6.07, 6.45) is 6.78. The third kappa shape index (κ3) is 3.93. The van der Waals surface area contributed by atoms with Crippen LogP contribution in [0.4, 0.5) is 5.13 Å². The van der Waals surface area contributed by atoms with Crippen molar-refractivity contribution in [2.24, 2.45) is 0 Å². The molecule has 19 heavy (non-hydrogen) atoms. The lowest BCUT2D eigenvalue weighted by molar-refractivity contribution is -0.142. The highest BCUT2D eigenvalue weighted by atomic mass is 32.1. The van der Waals surface area contributed by atoms with Crippen molar-refractivity contribution < 1.29 is 9.53 Å². The summed E-state index contributed by atoms with van der Waals surface area (Å²) in [5.74, 6) is -0.195. The summed E-state index contributed by atoms with van der Waals surface area (Å²) >= 11 is 1.62. The van der Waals surface area contributed by atoms with E-state index >= 15 is 0 Å². The van der Waals surface area contributed by atoms with Gasteiger partial charge in [0.1, 0.15) is 0 Å². The van der Waals surface area contributed by atoms with Gasteiger partial charge in [0.25, 0.3) is 0 Å². The highest BCUT2D eigenvalue weighted by Gasteiger charge is 2.20. The topological polar surface area (TPSA) is 42.4 Å². The van der Waals surface area contributed by atoms with Gasteiger partial charge in [-0.15, -0.1) is 11.3 Å². The average Bonchev–Trinajstić information content (AvgIpc) is 2.87. The summed E-state index contributed by atoms with van der Waals surface area (Å²) in [7, 11) is 2.11. The van der Waals surface area contributed by atoms with Gasteiger partial charge in [-0.05, 0) is 19.8 Å². The number of esters is 1. The third-order valence-corrected chi connectivity index (χ3v) is 4.57. The van der Waals surface area contributed by atoms with E-state index in [2.05, 4.69) is 16.9 Å². The van der Waals surface area contributed by atoms with Crippen LogP contribution in [0.3, 0.4) is 0 Å². The summed E-state index contributed by atoms with van der Waals surface area (Å²) < 4.78 is 4.94. The molecule has 4 nitrogen and oxygen atoms in total. The minimum atomic E-state index is -0.195. The van der Waals surface area contributed by atoms with Crippen molar-refractivity contribution in [3.8, 4) is 0 Å². The van der Waals surface area contributed by atoms with E-state index in [4.69, 9.17) is 4.74 Å². The fraction of sp³-hybridized carbons (Fsp3) is 0.714. The lowest BCUT2D eigenvalue weighted by Crippen LogP contribution is -2.33. The van der Waals surface area contributed by atoms with Crippen molar-refractivity contribution in [1.82, 2.24) is 4.98 Å². The number of hydrogen-bond donors (Lipinski definition) is 0. The monoisotopic (exact) mass is 282 g/mol. The molecule has 0 N–H and O–H groups in total. The van der Waals surface area contributed by atoms with E-state index in [0.29, 0.717) is 12.6 Å². The Morgan fingerprint density at radius 3 is 2.89 bits per heavy atom. The van der Waals surface area contributed by atoms with E-state index in [0.717, 1.165) is 10.8 Å². The summed E-state index contributed by atoms with van der Waals surface area (Å²) in [6, 6.07) is 0.607. The van der Waals surface area contributed by atoms with Crippen molar-refractivity contribution in [3.63, 3.8) is 0 Å². The highest BCUT2D eigenvalue weighted by Crippen LogP contribution is 2.28. The molecule has 1 aromatic rings. The molecule has 1 saturated carbocycles. The van der Waals surface area contributed by atoms with Crippen LogP contribution in [0.2, 0.25) is 0 Å². The maximum Gasteiger partial charge on any atom is 0.311 e. The Balaban J connectivity index is 1.93. The van der Waals surface area contributed by atoms with Crippen LogP contribution in [0.5, 0.6) is 0 Å². The maximum absolute atomic E-state index is 11.4. The number of carbonyl (C=O) groups is 1. The zero-order valence-electron chi connectivity index (χ0n) is 11.7. The second-order valence-electron chi connectivity index (χ2n) is 5.01. The van der Waals surface area contributed by atoms with Crippen LogP contribution in [0, 0.1) is 0 Å². The number of aromatic nitrogens is 1. The number of rotatable bonds is 5. The Bertz CT molecular complexity index is 413. The Morgan fingerprint density at radius 2 is 2.21 bits per heavy atom. The van der Waals surface area contributed by atoms with Crippen LogP contribution in [0.25, 0.3) is 0 Å². The van der Waals surface area contributed by atoms with E-state index in [9.17, 15) is 4.79 Å². The van der Waals surface area contributed by atoms with Gasteiger partial charge in [0.2, 0.25) is 0 Å². The first-order chi connectivity index (χ1) is 9.20. The fourth-order valence-corrected chi connectivity index (χ4v) is 3.39. The molecule has 0 aromatic carbocycles. The molecule has 0 bridgehead atoms. The zero-order chi connectivity index (χ0) is 13.7. The molecule has 0 unspecified atom stereocenters. The molecule has 5 heteroatoms. The largest absolute Gasteiger partial charge is 0.466 e. The van der Waals surface area contributed by atoms with E-state index in [1.807, 2.05) is 12.3 Å². The molecule has 0 saturated heterocycles. The first-order valence-corrected chi connectivity index (χ1v) is 7.91. The molecule has 1 heterocycles. The fourth-order valence-electron chi connectivity index (χ4n) is 2.52. The van der Waals surface area contributed by atoms with E-state index in [1.165, 1.54) is 32.1 Å². The molecule has 1 aliphatic rings. The number of hydrogen-bond acceptors (Lipinski definition) is 5. The minimum Gasteiger partial charge on any atom is -0.466 e. The number of carbonyl (C=O) groups excluding carboxylic acids is 1. The van der Waals surface area contributed by atoms with Crippen molar-refractivity contribution in [1.29, 1.82) is 0 Å². The van der Waals surface area contributed by atoms with E-state index in [-0.39, 0.29) is 12.4 Å². The number of ether oxygens (including phenoxy) is 1. The predicted molar refractivity (Wildman–Crippen MR) is 77.7 cm³/mol. The molecular weight excluding hydrogens is 260 g/mol. The summed E-state index contributed by atoms with van der Waals surface area (Å²) in [6.45, 7) is 2.25. The summed E-state index contributed by atoms with van der Waals surface area (Å²) in [5, 5.41) is 2.98. The summed E-state index contributed by atoms with van der Waals surface area (Å²) in [4.78, 5) is 18.2. The van der Waals surface area contributed by atoms with Gasteiger partial charge in [0.15, 0.2) is 5.13 Å². The molecular formula is C14H22N2O2S. The van der Waals surface area contributed by atoms with Crippen LogP contribution in [0.1, 0.15) is 44.7 Å². The molecule has 0 atom stereocenters. The normalized spacial score (nSPS) is 16.3. The number of anilines is 1. The smallest absolute Gasteiger partial charge is 0.311 e. The average molecular weight is 282 g/mol. The minimum absolute atomic E-state index is 0.195. The Morgan fingerprint density at radius 1 is 1.47 bits per heavy atom. The lowest BCUT2D eigenvalue weighted by Gasteiger charge is -2.30. The Labute approximate surface area is 118 Å².